The zero-order valence-corrected chi connectivity index (χ0v) is 12.4. The third kappa shape index (κ3) is 2.91. The predicted octanol–water partition coefficient (Wildman–Crippen LogP) is 2.86. The van der Waals surface area contributed by atoms with E-state index >= 15 is 0 Å². The lowest BCUT2D eigenvalue weighted by Crippen LogP contribution is -2.06. The highest BCUT2D eigenvalue weighted by molar-refractivity contribution is 5.79. The van der Waals surface area contributed by atoms with Gasteiger partial charge < -0.3 is 14.9 Å². The molecule has 0 atom stereocenters. The van der Waals surface area contributed by atoms with Crippen LogP contribution in [-0.2, 0) is 19.5 Å². The van der Waals surface area contributed by atoms with E-state index in [9.17, 15) is 0 Å². The molecule has 5 nitrogen and oxygen atoms in total. The van der Waals surface area contributed by atoms with Gasteiger partial charge in [0.1, 0.15) is 5.82 Å². The Morgan fingerprint density at radius 2 is 2.14 bits per heavy atom. The molecule has 0 spiro atoms. The molecule has 0 radical (unpaired) electrons. The van der Waals surface area contributed by atoms with Crippen molar-refractivity contribution in [2.45, 2.75) is 39.3 Å². The minimum Gasteiger partial charge on any atom is -0.399 e. The van der Waals surface area contributed by atoms with Crippen LogP contribution < -0.4 is 5.73 Å². The number of nitrogens with zero attached hydrogens (tertiary/aromatic N) is 4. The van der Waals surface area contributed by atoms with E-state index in [-0.39, 0.29) is 0 Å². The average molecular weight is 283 g/mol. The second-order valence-corrected chi connectivity index (χ2v) is 5.33. The van der Waals surface area contributed by atoms with Crippen LogP contribution in [0.15, 0.2) is 36.9 Å². The highest BCUT2D eigenvalue weighted by Crippen LogP contribution is 2.20. The maximum Gasteiger partial charge on any atom is 0.109 e. The van der Waals surface area contributed by atoms with Crippen LogP contribution in [-0.4, -0.2) is 19.1 Å². The van der Waals surface area contributed by atoms with Crippen LogP contribution in [0.4, 0.5) is 5.69 Å². The summed E-state index contributed by atoms with van der Waals surface area (Å²) in [5.74, 6) is 1.16. The zero-order chi connectivity index (χ0) is 14.7. The predicted molar refractivity (Wildman–Crippen MR) is 85.0 cm³/mol. The lowest BCUT2D eigenvalue weighted by atomic mass is 10.2. The van der Waals surface area contributed by atoms with Crippen LogP contribution in [0.5, 0.6) is 0 Å². The van der Waals surface area contributed by atoms with E-state index < -0.39 is 0 Å². The van der Waals surface area contributed by atoms with Gasteiger partial charge in [-0.1, -0.05) is 6.92 Å². The van der Waals surface area contributed by atoms with Crippen molar-refractivity contribution in [2.75, 3.05) is 5.73 Å². The first-order valence-electron chi connectivity index (χ1n) is 7.48. The molecule has 3 aromatic rings. The summed E-state index contributed by atoms with van der Waals surface area (Å²) in [7, 11) is 0. The third-order valence-electron chi connectivity index (χ3n) is 3.68. The van der Waals surface area contributed by atoms with E-state index in [1.807, 2.05) is 30.9 Å². The van der Waals surface area contributed by atoms with E-state index in [0.29, 0.717) is 0 Å². The minimum atomic E-state index is 0.772. The van der Waals surface area contributed by atoms with Crippen LogP contribution in [0.25, 0.3) is 11.0 Å². The number of aromatic nitrogens is 4. The molecule has 2 heterocycles. The average Bonchev–Trinajstić information content (AvgIpc) is 3.08. The van der Waals surface area contributed by atoms with Gasteiger partial charge in [-0.3, -0.25) is 0 Å². The maximum absolute atomic E-state index is 5.86. The summed E-state index contributed by atoms with van der Waals surface area (Å²) >= 11 is 0. The fourth-order valence-corrected chi connectivity index (χ4v) is 2.69. The van der Waals surface area contributed by atoms with Crippen molar-refractivity contribution in [3.05, 3.63) is 42.7 Å². The Bertz CT molecular complexity index is 712. The minimum absolute atomic E-state index is 0.772. The van der Waals surface area contributed by atoms with E-state index in [0.717, 1.165) is 49.4 Å². The van der Waals surface area contributed by atoms with Crippen molar-refractivity contribution in [3.63, 3.8) is 0 Å². The lowest BCUT2D eigenvalue weighted by molar-refractivity contribution is 0.555. The van der Waals surface area contributed by atoms with E-state index in [2.05, 4.69) is 27.1 Å². The molecule has 1 aromatic carbocycles. The van der Waals surface area contributed by atoms with Gasteiger partial charge >= 0.3 is 0 Å². The summed E-state index contributed by atoms with van der Waals surface area (Å²) < 4.78 is 4.44. The number of anilines is 1. The van der Waals surface area contributed by atoms with Crippen LogP contribution in [0.3, 0.4) is 0 Å². The molecule has 21 heavy (non-hydrogen) atoms. The largest absolute Gasteiger partial charge is 0.399 e. The number of fused-ring (bicyclic) bond motifs is 1. The van der Waals surface area contributed by atoms with Gasteiger partial charge in [0.2, 0.25) is 0 Å². The monoisotopic (exact) mass is 283 g/mol. The molecule has 0 unspecified atom stereocenters. The molecule has 0 amide bonds. The topological polar surface area (TPSA) is 61.7 Å². The van der Waals surface area contributed by atoms with Gasteiger partial charge in [-0.05, 0) is 31.0 Å². The molecular weight excluding hydrogens is 262 g/mol. The van der Waals surface area contributed by atoms with Crippen LogP contribution in [0.2, 0.25) is 0 Å². The van der Waals surface area contributed by atoms with Gasteiger partial charge in [0.25, 0.3) is 0 Å². The first-order chi connectivity index (χ1) is 10.3. The summed E-state index contributed by atoms with van der Waals surface area (Å²) in [5, 5.41) is 0. The summed E-state index contributed by atoms with van der Waals surface area (Å²) in [6.07, 6.45) is 8.83. The van der Waals surface area contributed by atoms with Crippen molar-refractivity contribution in [3.8, 4) is 0 Å². The highest BCUT2D eigenvalue weighted by atomic mass is 15.1. The summed E-state index contributed by atoms with van der Waals surface area (Å²) in [6, 6.07) is 5.99. The molecule has 0 aliphatic carbocycles. The summed E-state index contributed by atoms with van der Waals surface area (Å²) in [6.45, 7) is 4.12. The standard InChI is InChI=1S/C16H21N5/c1-2-4-16-19-14-11-13(17)5-6-15(14)21(16)9-3-8-20-10-7-18-12-20/h5-7,10-12H,2-4,8-9,17H2,1H3. The quantitative estimate of drug-likeness (QED) is 0.708. The fourth-order valence-electron chi connectivity index (χ4n) is 2.69. The molecule has 110 valence electrons. The van der Waals surface area contributed by atoms with E-state index in [4.69, 9.17) is 10.7 Å². The van der Waals surface area contributed by atoms with Crippen LogP contribution in [0.1, 0.15) is 25.6 Å². The molecule has 2 N–H and O–H groups in total. The number of hydrogen-bond donors (Lipinski definition) is 1. The molecule has 0 bridgehead atoms. The first-order valence-corrected chi connectivity index (χ1v) is 7.48. The Labute approximate surface area is 124 Å². The number of nitrogens with two attached hydrogens (primary N) is 1. The SMILES string of the molecule is CCCc1nc2cc(N)ccc2n1CCCn1ccnc1. The maximum atomic E-state index is 5.86. The van der Waals surface area contributed by atoms with Crippen LogP contribution in [0, 0.1) is 0 Å². The fraction of sp³-hybridized carbons (Fsp3) is 0.375. The molecule has 3 rings (SSSR count). The van der Waals surface area contributed by atoms with Crippen molar-refractivity contribution in [1.82, 2.24) is 19.1 Å². The Hall–Kier alpha value is -2.30. The third-order valence-corrected chi connectivity index (χ3v) is 3.68. The van der Waals surface area contributed by atoms with Crippen LogP contribution >= 0.6 is 0 Å². The van der Waals surface area contributed by atoms with Crippen molar-refractivity contribution < 1.29 is 0 Å². The molecular formula is C16H21N5. The Morgan fingerprint density at radius 3 is 2.90 bits per heavy atom. The zero-order valence-electron chi connectivity index (χ0n) is 12.4. The number of aryl methyl sites for hydroxylation is 3. The van der Waals surface area contributed by atoms with Crippen molar-refractivity contribution in [2.24, 2.45) is 0 Å². The molecule has 2 aromatic heterocycles. The Balaban J connectivity index is 1.82. The van der Waals surface area contributed by atoms with Gasteiger partial charge in [-0.15, -0.1) is 0 Å². The van der Waals surface area contributed by atoms with E-state index in [1.165, 1.54) is 5.52 Å². The van der Waals surface area contributed by atoms with Gasteiger partial charge in [-0.25, -0.2) is 9.97 Å². The first kappa shape index (κ1) is 13.7. The molecule has 0 fully saturated rings. The Morgan fingerprint density at radius 1 is 1.24 bits per heavy atom. The summed E-state index contributed by atoms with van der Waals surface area (Å²) in [4.78, 5) is 8.82. The van der Waals surface area contributed by atoms with Crippen molar-refractivity contribution in [1.29, 1.82) is 0 Å². The molecule has 0 saturated carbocycles. The number of imidazole rings is 2. The molecule has 0 saturated heterocycles. The lowest BCUT2D eigenvalue weighted by Gasteiger charge is -2.09. The normalized spacial score (nSPS) is 11.3. The Kier molecular flexibility index (Phi) is 3.90. The van der Waals surface area contributed by atoms with Crippen molar-refractivity contribution >= 4 is 16.7 Å². The summed E-state index contributed by atoms with van der Waals surface area (Å²) in [5.41, 5.74) is 8.81. The second-order valence-electron chi connectivity index (χ2n) is 5.33. The van der Waals surface area contributed by atoms with Gasteiger partial charge in [-0.2, -0.15) is 0 Å². The van der Waals surface area contributed by atoms with Gasteiger partial charge in [0.05, 0.1) is 17.4 Å². The molecule has 0 aliphatic heterocycles. The highest BCUT2D eigenvalue weighted by Gasteiger charge is 2.10. The van der Waals surface area contributed by atoms with E-state index in [1.54, 1.807) is 0 Å². The number of benzene rings is 1. The second kappa shape index (κ2) is 5.99. The smallest absolute Gasteiger partial charge is 0.109 e. The van der Waals surface area contributed by atoms with Gasteiger partial charge in [0.15, 0.2) is 0 Å². The number of rotatable bonds is 6. The van der Waals surface area contributed by atoms with Gasteiger partial charge in [0, 0.05) is 37.6 Å². The molecule has 0 aliphatic rings. The number of hydrogen-bond acceptors (Lipinski definition) is 3. The molecule has 5 heteroatoms. The number of nitrogen functional groups attached to an aromatic ring is 1.